The SMILES string of the molecule is Cc1cc2oc(C(=O)N3CC(C)Oc4ccccc43)c(C)c2cc1C. The molecule has 4 heteroatoms. The van der Waals surface area contributed by atoms with E-state index in [0.29, 0.717) is 12.3 Å². The summed E-state index contributed by atoms with van der Waals surface area (Å²) in [6.07, 6.45) is -0.0620. The van der Waals surface area contributed by atoms with E-state index in [1.807, 2.05) is 51.1 Å². The van der Waals surface area contributed by atoms with Crippen LogP contribution < -0.4 is 9.64 Å². The minimum Gasteiger partial charge on any atom is -0.487 e. The van der Waals surface area contributed by atoms with E-state index in [4.69, 9.17) is 9.15 Å². The van der Waals surface area contributed by atoms with Gasteiger partial charge in [0, 0.05) is 10.9 Å². The molecule has 1 atom stereocenters. The van der Waals surface area contributed by atoms with Crippen LogP contribution >= 0.6 is 0 Å². The molecule has 1 unspecified atom stereocenters. The molecule has 0 fully saturated rings. The van der Waals surface area contributed by atoms with Gasteiger partial charge in [-0.25, -0.2) is 0 Å². The summed E-state index contributed by atoms with van der Waals surface area (Å²) >= 11 is 0. The Morgan fingerprint density at radius 1 is 1.12 bits per heavy atom. The van der Waals surface area contributed by atoms with Crippen LogP contribution in [0.15, 0.2) is 40.8 Å². The third kappa shape index (κ3) is 2.49. The lowest BCUT2D eigenvalue weighted by Crippen LogP contribution is -2.42. The number of benzene rings is 2. The molecular formula is C21H21NO3. The Labute approximate surface area is 147 Å². The molecule has 0 spiro atoms. The van der Waals surface area contributed by atoms with Gasteiger partial charge in [-0.05, 0) is 63.1 Å². The Kier molecular flexibility index (Phi) is 3.57. The zero-order valence-electron chi connectivity index (χ0n) is 14.9. The van der Waals surface area contributed by atoms with E-state index in [-0.39, 0.29) is 12.0 Å². The van der Waals surface area contributed by atoms with Crippen molar-refractivity contribution in [1.29, 1.82) is 0 Å². The fourth-order valence-corrected chi connectivity index (χ4v) is 3.38. The Morgan fingerprint density at radius 3 is 2.64 bits per heavy atom. The number of hydrogen-bond acceptors (Lipinski definition) is 3. The highest BCUT2D eigenvalue weighted by Crippen LogP contribution is 2.36. The van der Waals surface area contributed by atoms with E-state index in [1.54, 1.807) is 4.90 Å². The van der Waals surface area contributed by atoms with Gasteiger partial charge in [0.2, 0.25) is 0 Å². The maximum absolute atomic E-state index is 13.2. The topological polar surface area (TPSA) is 42.7 Å². The summed E-state index contributed by atoms with van der Waals surface area (Å²) in [4.78, 5) is 15.0. The second-order valence-corrected chi connectivity index (χ2v) is 6.80. The molecule has 3 aromatic rings. The van der Waals surface area contributed by atoms with E-state index in [0.717, 1.165) is 33.5 Å². The molecule has 25 heavy (non-hydrogen) atoms. The molecule has 0 N–H and O–H groups in total. The molecule has 1 aromatic heterocycles. The van der Waals surface area contributed by atoms with Gasteiger partial charge in [0.05, 0.1) is 12.2 Å². The second kappa shape index (κ2) is 5.66. The van der Waals surface area contributed by atoms with Crippen molar-refractivity contribution in [3.63, 3.8) is 0 Å². The van der Waals surface area contributed by atoms with Crippen molar-refractivity contribution in [2.24, 2.45) is 0 Å². The molecule has 0 radical (unpaired) electrons. The van der Waals surface area contributed by atoms with Crippen LogP contribution in [0.4, 0.5) is 5.69 Å². The first-order valence-electron chi connectivity index (χ1n) is 8.53. The lowest BCUT2D eigenvalue weighted by molar-refractivity contribution is 0.0935. The maximum Gasteiger partial charge on any atom is 0.294 e. The van der Waals surface area contributed by atoms with Gasteiger partial charge >= 0.3 is 0 Å². The van der Waals surface area contributed by atoms with Gasteiger partial charge in [-0.2, -0.15) is 0 Å². The Morgan fingerprint density at radius 2 is 1.84 bits per heavy atom. The maximum atomic E-state index is 13.2. The van der Waals surface area contributed by atoms with Crippen LogP contribution in [0.2, 0.25) is 0 Å². The minimum atomic E-state index is -0.119. The molecule has 2 heterocycles. The Balaban J connectivity index is 1.82. The fraction of sp³-hybridized carbons (Fsp3) is 0.286. The van der Waals surface area contributed by atoms with Crippen molar-refractivity contribution < 1.29 is 13.9 Å². The summed E-state index contributed by atoms with van der Waals surface area (Å²) in [5, 5.41) is 1.00. The third-order valence-electron chi connectivity index (χ3n) is 4.92. The predicted molar refractivity (Wildman–Crippen MR) is 98.6 cm³/mol. The van der Waals surface area contributed by atoms with Crippen LogP contribution in [0.5, 0.6) is 5.75 Å². The number of amides is 1. The molecule has 128 valence electrons. The first-order chi connectivity index (χ1) is 12.0. The second-order valence-electron chi connectivity index (χ2n) is 6.80. The van der Waals surface area contributed by atoms with Crippen molar-refractivity contribution in [1.82, 2.24) is 0 Å². The van der Waals surface area contributed by atoms with Gasteiger partial charge in [-0.1, -0.05) is 12.1 Å². The van der Waals surface area contributed by atoms with Gasteiger partial charge < -0.3 is 9.15 Å². The fourth-order valence-electron chi connectivity index (χ4n) is 3.38. The van der Waals surface area contributed by atoms with E-state index in [1.165, 1.54) is 5.56 Å². The van der Waals surface area contributed by atoms with Crippen molar-refractivity contribution in [2.45, 2.75) is 33.8 Å². The van der Waals surface area contributed by atoms with E-state index < -0.39 is 0 Å². The molecule has 0 aliphatic carbocycles. The average molecular weight is 335 g/mol. The van der Waals surface area contributed by atoms with E-state index >= 15 is 0 Å². The van der Waals surface area contributed by atoms with Crippen LogP contribution in [0.3, 0.4) is 0 Å². The van der Waals surface area contributed by atoms with Gasteiger partial charge in [-0.3, -0.25) is 9.69 Å². The highest BCUT2D eigenvalue weighted by Gasteiger charge is 2.31. The highest BCUT2D eigenvalue weighted by molar-refractivity contribution is 6.09. The summed E-state index contributed by atoms with van der Waals surface area (Å²) in [6, 6.07) is 11.7. The van der Waals surface area contributed by atoms with Crippen molar-refractivity contribution in [3.8, 4) is 5.75 Å². The number of carbonyl (C=O) groups excluding carboxylic acids is 1. The predicted octanol–water partition coefficient (Wildman–Crippen LogP) is 4.79. The van der Waals surface area contributed by atoms with Crippen LogP contribution in [0, 0.1) is 20.8 Å². The van der Waals surface area contributed by atoms with Crippen molar-refractivity contribution in [2.75, 3.05) is 11.4 Å². The average Bonchev–Trinajstić information content (AvgIpc) is 2.90. The van der Waals surface area contributed by atoms with Crippen LogP contribution in [-0.2, 0) is 0 Å². The molecule has 1 aliphatic heterocycles. The molecule has 0 bridgehead atoms. The van der Waals surface area contributed by atoms with Crippen molar-refractivity contribution in [3.05, 3.63) is 58.8 Å². The zero-order valence-corrected chi connectivity index (χ0v) is 14.9. The summed E-state index contributed by atoms with van der Waals surface area (Å²) in [5.41, 5.74) is 4.79. The largest absolute Gasteiger partial charge is 0.487 e. The first kappa shape index (κ1) is 15.8. The molecule has 1 amide bonds. The third-order valence-corrected chi connectivity index (χ3v) is 4.92. The number of aryl methyl sites for hydroxylation is 3. The molecule has 0 saturated carbocycles. The Bertz CT molecular complexity index is 986. The number of carbonyl (C=O) groups is 1. The van der Waals surface area contributed by atoms with Crippen LogP contribution in [0.1, 0.15) is 34.2 Å². The number of para-hydroxylation sites is 2. The smallest absolute Gasteiger partial charge is 0.294 e. The summed E-state index contributed by atoms with van der Waals surface area (Å²) in [6.45, 7) is 8.54. The first-order valence-corrected chi connectivity index (χ1v) is 8.53. The van der Waals surface area contributed by atoms with Gasteiger partial charge in [-0.15, -0.1) is 0 Å². The summed E-state index contributed by atoms with van der Waals surface area (Å²) < 4.78 is 11.8. The number of hydrogen-bond donors (Lipinski definition) is 0. The normalized spacial score (nSPS) is 16.6. The zero-order chi connectivity index (χ0) is 17.7. The Hall–Kier alpha value is -2.75. The number of ether oxygens (including phenoxy) is 1. The molecule has 1 aliphatic rings. The van der Waals surface area contributed by atoms with Crippen LogP contribution in [0.25, 0.3) is 11.0 Å². The molecule has 4 nitrogen and oxygen atoms in total. The number of fused-ring (bicyclic) bond motifs is 2. The van der Waals surface area contributed by atoms with Crippen LogP contribution in [-0.4, -0.2) is 18.6 Å². The number of rotatable bonds is 1. The van der Waals surface area contributed by atoms with E-state index in [9.17, 15) is 4.79 Å². The van der Waals surface area contributed by atoms with Crippen molar-refractivity contribution >= 4 is 22.6 Å². The summed E-state index contributed by atoms with van der Waals surface area (Å²) in [5.74, 6) is 1.02. The highest BCUT2D eigenvalue weighted by atomic mass is 16.5. The van der Waals surface area contributed by atoms with Gasteiger partial charge in [0.25, 0.3) is 5.91 Å². The standard InChI is InChI=1S/C21H21NO3/c1-12-9-16-15(4)20(25-19(16)10-13(12)2)21(23)22-11-14(3)24-18-8-6-5-7-17(18)22/h5-10,14H,11H2,1-4H3. The molecule has 0 saturated heterocycles. The van der Waals surface area contributed by atoms with Gasteiger partial charge in [0.15, 0.2) is 5.76 Å². The minimum absolute atomic E-state index is 0.0620. The number of furan rings is 1. The monoisotopic (exact) mass is 335 g/mol. The molecule has 2 aromatic carbocycles. The lowest BCUT2D eigenvalue weighted by Gasteiger charge is -2.33. The van der Waals surface area contributed by atoms with E-state index in [2.05, 4.69) is 13.0 Å². The molecular weight excluding hydrogens is 314 g/mol. The number of anilines is 1. The lowest BCUT2D eigenvalue weighted by atomic mass is 10.0. The number of nitrogens with zero attached hydrogens (tertiary/aromatic N) is 1. The molecule has 4 rings (SSSR count). The summed E-state index contributed by atoms with van der Waals surface area (Å²) in [7, 11) is 0. The quantitative estimate of drug-likeness (QED) is 0.642. The van der Waals surface area contributed by atoms with Gasteiger partial charge in [0.1, 0.15) is 17.4 Å².